The molecule has 88 valence electrons. The van der Waals surface area contributed by atoms with Gasteiger partial charge in [-0.15, -0.1) is 0 Å². The minimum absolute atomic E-state index is 0.0225. The molecule has 0 fully saturated rings. The molecule has 1 amide bonds. The van der Waals surface area contributed by atoms with Gasteiger partial charge in [-0.3, -0.25) is 9.69 Å². The van der Waals surface area contributed by atoms with Gasteiger partial charge in [-0.05, 0) is 45.1 Å². The second kappa shape index (κ2) is 5.66. The van der Waals surface area contributed by atoms with E-state index in [1.54, 1.807) is 0 Å². The number of hydrogen-bond acceptors (Lipinski definition) is 2. The monoisotopic (exact) mass is 220 g/mol. The van der Waals surface area contributed by atoms with Crippen molar-refractivity contribution in [2.75, 3.05) is 19.4 Å². The Bertz CT molecular complexity index is 343. The van der Waals surface area contributed by atoms with Gasteiger partial charge in [-0.2, -0.15) is 0 Å². The molecule has 0 aliphatic carbocycles. The van der Waals surface area contributed by atoms with E-state index in [1.165, 1.54) is 5.56 Å². The number of carbonyl (C=O) groups excluding carboxylic acids is 1. The van der Waals surface area contributed by atoms with Gasteiger partial charge in [0.25, 0.3) is 0 Å². The predicted molar refractivity (Wildman–Crippen MR) is 67.6 cm³/mol. The zero-order valence-corrected chi connectivity index (χ0v) is 10.4. The van der Waals surface area contributed by atoms with Crippen LogP contribution in [-0.2, 0) is 11.2 Å². The molecular weight excluding hydrogens is 200 g/mol. The van der Waals surface area contributed by atoms with Crippen LogP contribution in [0.3, 0.4) is 0 Å². The van der Waals surface area contributed by atoms with Crippen LogP contribution >= 0.6 is 0 Å². The van der Waals surface area contributed by atoms with Crippen molar-refractivity contribution >= 4 is 11.6 Å². The third-order valence-electron chi connectivity index (χ3n) is 2.78. The highest BCUT2D eigenvalue weighted by Gasteiger charge is 2.14. The minimum atomic E-state index is -0.120. The highest BCUT2D eigenvalue weighted by atomic mass is 16.2. The zero-order valence-electron chi connectivity index (χ0n) is 10.4. The molecule has 3 nitrogen and oxygen atoms in total. The molecule has 1 aromatic rings. The number of benzene rings is 1. The summed E-state index contributed by atoms with van der Waals surface area (Å²) >= 11 is 0. The van der Waals surface area contributed by atoms with E-state index in [2.05, 4.69) is 12.2 Å². The Morgan fingerprint density at radius 1 is 1.31 bits per heavy atom. The maximum Gasteiger partial charge on any atom is 0.241 e. The number of carbonyl (C=O) groups is 1. The summed E-state index contributed by atoms with van der Waals surface area (Å²) in [5.41, 5.74) is 2.13. The first kappa shape index (κ1) is 12.7. The Morgan fingerprint density at radius 3 is 2.31 bits per heavy atom. The van der Waals surface area contributed by atoms with Crippen LogP contribution in [0.4, 0.5) is 5.69 Å². The second-order valence-corrected chi connectivity index (χ2v) is 4.18. The Labute approximate surface area is 97.5 Å². The summed E-state index contributed by atoms with van der Waals surface area (Å²) < 4.78 is 0. The van der Waals surface area contributed by atoms with Crippen LogP contribution in [-0.4, -0.2) is 30.9 Å². The van der Waals surface area contributed by atoms with Crippen molar-refractivity contribution < 1.29 is 4.79 Å². The lowest BCUT2D eigenvalue weighted by molar-refractivity contribution is -0.119. The van der Waals surface area contributed by atoms with E-state index in [0.29, 0.717) is 0 Å². The van der Waals surface area contributed by atoms with Crippen LogP contribution in [0.1, 0.15) is 19.4 Å². The number of hydrogen-bond donors (Lipinski definition) is 1. The summed E-state index contributed by atoms with van der Waals surface area (Å²) in [7, 11) is 3.79. The molecule has 0 spiro atoms. The number of aryl methyl sites for hydroxylation is 1. The summed E-state index contributed by atoms with van der Waals surface area (Å²) in [4.78, 5) is 13.6. The van der Waals surface area contributed by atoms with Crippen molar-refractivity contribution in [3.8, 4) is 0 Å². The molecular formula is C13H20N2O. The second-order valence-electron chi connectivity index (χ2n) is 4.18. The quantitative estimate of drug-likeness (QED) is 0.843. The number of nitrogens with zero attached hydrogens (tertiary/aromatic N) is 1. The molecule has 0 saturated heterocycles. The highest BCUT2D eigenvalue weighted by Crippen LogP contribution is 2.10. The Kier molecular flexibility index (Phi) is 4.50. The maximum absolute atomic E-state index is 11.8. The van der Waals surface area contributed by atoms with Crippen LogP contribution in [0.2, 0.25) is 0 Å². The van der Waals surface area contributed by atoms with Crippen molar-refractivity contribution in [3.63, 3.8) is 0 Å². The van der Waals surface area contributed by atoms with Gasteiger partial charge < -0.3 is 5.32 Å². The van der Waals surface area contributed by atoms with Crippen LogP contribution in [0, 0.1) is 0 Å². The maximum atomic E-state index is 11.8. The average molecular weight is 220 g/mol. The van der Waals surface area contributed by atoms with E-state index < -0.39 is 0 Å². The van der Waals surface area contributed by atoms with Crippen LogP contribution in [0.15, 0.2) is 24.3 Å². The van der Waals surface area contributed by atoms with Crippen molar-refractivity contribution in [1.82, 2.24) is 4.90 Å². The molecule has 0 aliphatic rings. The fourth-order valence-electron chi connectivity index (χ4n) is 1.30. The van der Waals surface area contributed by atoms with Crippen molar-refractivity contribution in [2.45, 2.75) is 26.3 Å². The largest absolute Gasteiger partial charge is 0.325 e. The first-order chi connectivity index (χ1) is 7.54. The van der Waals surface area contributed by atoms with Crippen molar-refractivity contribution in [3.05, 3.63) is 29.8 Å². The van der Waals surface area contributed by atoms with Crippen LogP contribution < -0.4 is 5.32 Å². The third-order valence-corrected chi connectivity index (χ3v) is 2.78. The van der Waals surface area contributed by atoms with E-state index in [9.17, 15) is 4.79 Å². The molecule has 16 heavy (non-hydrogen) atoms. The van der Waals surface area contributed by atoms with Gasteiger partial charge in [-0.1, -0.05) is 19.1 Å². The smallest absolute Gasteiger partial charge is 0.241 e. The number of rotatable bonds is 4. The topological polar surface area (TPSA) is 32.3 Å². The molecule has 3 heteroatoms. The Morgan fingerprint density at radius 2 is 1.88 bits per heavy atom. The third kappa shape index (κ3) is 3.35. The molecule has 1 atom stereocenters. The summed E-state index contributed by atoms with van der Waals surface area (Å²) in [5.74, 6) is 0.0225. The van der Waals surface area contributed by atoms with Gasteiger partial charge in [0.2, 0.25) is 5.91 Å². The van der Waals surface area contributed by atoms with Gasteiger partial charge in [0, 0.05) is 5.69 Å². The minimum Gasteiger partial charge on any atom is -0.325 e. The van der Waals surface area contributed by atoms with E-state index in [4.69, 9.17) is 0 Å². The standard InChI is InChI=1S/C13H20N2O/c1-5-11-6-8-12(9-7-11)14-13(16)10(2)15(3)4/h6-10H,5H2,1-4H3,(H,14,16). The molecule has 1 N–H and O–H groups in total. The van der Waals surface area contributed by atoms with Gasteiger partial charge in [0.1, 0.15) is 0 Å². The normalized spacial score (nSPS) is 12.6. The molecule has 1 rings (SSSR count). The summed E-state index contributed by atoms with van der Waals surface area (Å²) in [6.07, 6.45) is 1.02. The van der Waals surface area contributed by atoms with Crippen molar-refractivity contribution in [1.29, 1.82) is 0 Å². The molecule has 0 heterocycles. The zero-order chi connectivity index (χ0) is 12.1. The predicted octanol–water partition coefficient (Wildman–Crippen LogP) is 2.14. The lowest BCUT2D eigenvalue weighted by Gasteiger charge is -2.18. The fraction of sp³-hybridized carbons (Fsp3) is 0.462. The van der Waals surface area contributed by atoms with E-state index >= 15 is 0 Å². The van der Waals surface area contributed by atoms with Crippen LogP contribution in [0.5, 0.6) is 0 Å². The molecule has 0 bridgehead atoms. The fourth-order valence-corrected chi connectivity index (χ4v) is 1.30. The summed E-state index contributed by atoms with van der Waals surface area (Å²) in [6, 6.07) is 7.84. The lowest BCUT2D eigenvalue weighted by Crippen LogP contribution is -2.37. The molecule has 1 unspecified atom stereocenters. The van der Waals surface area contributed by atoms with Crippen molar-refractivity contribution in [2.24, 2.45) is 0 Å². The number of nitrogens with one attached hydrogen (secondary N) is 1. The van der Waals surface area contributed by atoms with Gasteiger partial charge in [-0.25, -0.2) is 0 Å². The first-order valence-electron chi connectivity index (χ1n) is 5.60. The highest BCUT2D eigenvalue weighted by molar-refractivity contribution is 5.94. The van der Waals surface area contributed by atoms with E-state index in [-0.39, 0.29) is 11.9 Å². The first-order valence-corrected chi connectivity index (χ1v) is 5.60. The molecule has 1 aromatic carbocycles. The number of amides is 1. The molecule has 0 radical (unpaired) electrons. The van der Waals surface area contributed by atoms with Gasteiger partial charge in [0.15, 0.2) is 0 Å². The Hall–Kier alpha value is -1.35. The number of anilines is 1. The molecule has 0 saturated carbocycles. The number of likely N-dealkylation sites (N-methyl/N-ethyl adjacent to an activating group) is 1. The molecule has 0 aliphatic heterocycles. The SMILES string of the molecule is CCc1ccc(NC(=O)C(C)N(C)C)cc1. The van der Waals surface area contributed by atoms with E-state index in [1.807, 2.05) is 50.2 Å². The van der Waals surface area contributed by atoms with Gasteiger partial charge >= 0.3 is 0 Å². The summed E-state index contributed by atoms with van der Waals surface area (Å²) in [6.45, 7) is 4.00. The van der Waals surface area contributed by atoms with E-state index in [0.717, 1.165) is 12.1 Å². The van der Waals surface area contributed by atoms with Crippen LogP contribution in [0.25, 0.3) is 0 Å². The van der Waals surface area contributed by atoms with Gasteiger partial charge in [0.05, 0.1) is 6.04 Å². The molecule has 0 aromatic heterocycles. The lowest BCUT2D eigenvalue weighted by atomic mass is 10.1. The average Bonchev–Trinajstić information content (AvgIpc) is 2.28. The summed E-state index contributed by atoms with van der Waals surface area (Å²) in [5, 5.41) is 2.89. The Balaban J connectivity index is 2.62.